The van der Waals surface area contributed by atoms with Crippen molar-refractivity contribution in [2.75, 3.05) is 7.11 Å². The first kappa shape index (κ1) is 14.1. The van der Waals surface area contributed by atoms with E-state index in [4.69, 9.17) is 4.74 Å². The number of hydrogen-bond acceptors (Lipinski definition) is 6. The molecule has 0 aliphatic carbocycles. The summed E-state index contributed by atoms with van der Waals surface area (Å²) in [6.45, 7) is 0. The molecule has 3 heterocycles. The van der Waals surface area contributed by atoms with Crippen molar-refractivity contribution in [3.05, 3.63) is 62.2 Å². The molecule has 1 aromatic carbocycles. The lowest BCUT2D eigenvalue weighted by Gasteiger charge is -1.98. The fraction of sp³-hybridized carbons (Fsp3) is 0.0625. The third-order valence-corrected chi connectivity index (χ3v) is 5.16. The molecule has 114 valence electrons. The smallest absolute Gasteiger partial charge is 0.291 e. The molecule has 0 saturated carbocycles. The van der Waals surface area contributed by atoms with E-state index < -0.39 is 0 Å². The van der Waals surface area contributed by atoms with E-state index in [9.17, 15) is 4.79 Å². The standard InChI is InChI=1S/C16H11N3O2S2/c1-21-11-6-4-10(5-7-11)9-13-15(20)19-16(23-13)17-14(18-19)12-3-2-8-22-12/h2-9H,1H3. The fourth-order valence-electron chi connectivity index (χ4n) is 2.20. The average molecular weight is 341 g/mol. The van der Waals surface area contributed by atoms with Crippen LogP contribution >= 0.6 is 22.7 Å². The summed E-state index contributed by atoms with van der Waals surface area (Å²) in [6, 6.07) is 11.4. The highest BCUT2D eigenvalue weighted by molar-refractivity contribution is 7.15. The molecule has 0 N–H and O–H groups in total. The van der Waals surface area contributed by atoms with Crippen LogP contribution in [-0.2, 0) is 0 Å². The molecule has 5 nitrogen and oxygen atoms in total. The molecule has 0 amide bonds. The molecule has 0 radical (unpaired) electrons. The number of nitrogens with zero attached hydrogens (tertiary/aromatic N) is 3. The van der Waals surface area contributed by atoms with E-state index in [1.807, 2.05) is 47.9 Å². The van der Waals surface area contributed by atoms with Gasteiger partial charge in [0.05, 0.1) is 16.5 Å². The summed E-state index contributed by atoms with van der Waals surface area (Å²) in [5.74, 6) is 1.38. The van der Waals surface area contributed by atoms with E-state index in [0.29, 0.717) is 15.3 Å². The number of benzene rings is 1. The quantitative estimate of drug-likeness (QED) is 0.574. The maximum absolute atomic E-state index is 12.5. The van der Waals surface area contributed by atoms with Crippen molar-refractivity contribution in [2.24, 2.45) is 0 Å². The van der Waals surface area contributed by atoms with Gasteiger partial charge >= 0.3 is 0 Å². The molecule has 23 heavy (non-hydrogen) atoms. The summed E-state index contributed by atoms with van der Waals surface area (Å²) in [6.07, 6.45) is 1.84. The van der Waals surface area contributed by atoms with Crippen molar-refractivity contribution in [1.29, 1.82) is 0 Å². The summed E-state index contributed by atoms with van der Waals surface area (Å²) >= 11 is 2.90. The molecule has 3 aromatic heterocycles. The summed E-state index contributed by atoms with van der Waals surface area (Å²) in [4.78, 5) is 18.5. The monoisotopic (exact) mass is 341 g/mol. The molecular weight excluding hydrogens is 330 g/mol. The topological polar surface area (TPSA) is 56.5 Å². The van der Waals surface area contributed by atoms with Crippen LogP contribution in [0.25, 0.3) is 21.7 Å². The van der Waals surface area contributed by atoms with Crippen molar-refractivity contribution >= 4 is 33.7 Å². The average Bonchev–Trinajstić information content (AvgIpc) is 3.27. The van der Waals surface area contributed by atoms with Crippen molar-refractivity contribution in [3.8, 4) is 16.5 Å². The second kappa shape index (κ2) is 5.60. The number of aromatic nitrogens is 3. The van der Waals surface area contributed by atoms with Crippen LogP contribution in [0.2, 0.25) is 0 Å². The van der Waals surface area contributed by atoms with E-state index in [1.165, 1.54) is 15.9 Å². The van der Waals surface area contributed by atoms with Gasteiger partial charge in [-0.3, -0.25) is 4.79 Å². The van der Waals surface area contributed by atoms with Crippen LogP contribution in [0, 0.1) is 0 Å². The van der Waals surface area contributed by atoms with Gasteiger partial charge in [0.2, 0.25) is 4.96 Å². The predicted octanol–water partition coefficient (Wildman–Crippen LogP) is 2.44. The summed E-state index contributed by atoms with van der Waals surface area (Å²) in [5, 5.41) is 6.28. The maximum atomic E-state index is 12.5. The molecule has 4 rings (SSSR count). The van der Waals surface area contributed by atoms with Gasteiger partial charge in [-0.2, -0.15) is 9.50 Å². The zero-order valence-electron chi connectivity index (χ0n) is 12.1. The summed E-state index contributed by atoms with van der Waals surface area (Å²) < 4.78 is 7.12. The van der Waals surface area contributed by atoms with Crippen LogP contribution in [0.15, 0.2) is 46.6 Å². The van der Waals surface area contributed by atoms with Gasteiger partial charge in [-0.05, 0) is 35.2 Å². The van der Waals surface area contributed by atoms with Gasteiger partial charge in [0.1, 0.15) is 5.75 Å². The number of ether oxygens (including phenoxy) is 1. The number of rotatable bonds is 3. The van der Waals surface area contributed by atoms with Gasteiger partial charge in [0.25, 0.3) is 5.56 Å². The number of fused-ring (bicyclic) bond motifs is 1. The third kappa shape index (κ3) is 2.54. The minimum atomic E-state index is -0.142. The number of thiophene rings is 1. The number of hydrogen-bond donors (Lipinski definition) is 0. The highest BCUT2D eigenvalue weighted by Gasteiger charge is 2.12. The Morgan fingerprint density at radius 1 is 1.22 bits per heavy atom. The predicted molar refractivity (Wildman–Crippen MR) is 92.2 cm³/mol. The van der Waals surface area contributed by atoms with Gasteiger partial charge in [-0.15, -0.1) is 16.4 Å². The van der Waals surface area contributed by atoms with Crippen LogP contribution in [0.5, 0.6) is 5.75 Å². The minimum Gasteiger partial charge on any atom is -0.497 e. The van der Waals surface area contributed by atoms with Gasteiger partial charge in [-0.25, -0.2) is 0 Å². The lowest BCUT2D eigenvalue weighted by molar-refractivity contribution is 0.415. The van der Waals surface area contributed by atoms with E-state index in [1.54, 1.807) is 18.4 Å². The first-order valence-electron chi connectivity index (χ1n) is 6.84. The molecule has 7 heteroatoms. The normalized spacial score (nSPS) is 12.1. The minimum absolute atomic E-state index is 0.142. The molecule has 0 bridgehead atoms. The van der Waals surface area contributed by atoms with Crippen LogP contribution < -0.4 is 14.8 Å². The number of thiazole rings is 1. The second-order valence-corrected chi connectivity index (χ2v) is 6.75. The second-order valence-electron chi connectivity index (χ2n) is 4.80. The van der Waals surface area contributed by atoms with Crippen molar-refractivity contribution < 1.29 is 4.74 Å². The lowest BCUT2D eigenvalue weighted by atomic mass is 10.2. The highest BCUT2D eigenvalue weighted by atomic mass is 32.1. The Morgan fingerprint density at radius 2 is 2.04 bits per heavy atom. The Hall–Kier alpha value is -2.51. The van der Waals surface area contributed by atoms with Gasteiger partial charge in [0.15, 0.2) is 5.82 Å². The first-order chi connectivity index (χ1) is 11.2. The highest BCUT2D eigenvalue weighted by Crippen LogP contribution is 2.21. The van der Waals surface area contributed by atoms with Crippen molar-refractivity contribution in [2.45, 2.75) is 0 Å². The third-order valence-electron chi connectivity index (χ3n) is 3.34. The SMILES string of the molecule is COc1ccc(C=c2sc3nc(-c4cccs4)nn3c2=O)cc1. The van der Waals surface area contributed by atoms with Crippen LogP contribution in [0.1, 0.15) is 5.56 Å². The van der Waals surface area contributed by atoms with Gasteiger partial charge in [-0.1, -0.05) is 29.5 Å². The summed E-state index contributed by atoms with van der Waals surface area (Å²) in [5.41, 5.74) is 0.794. The van der Waals surface area contributed by atoms with Crippen molar-refractivity contribution in [1.82, 2.24) is 14.6 Å². The van der Waals surface area contributed by atoms with Crippen LogP contribution in [-0.4, -0.2) is 21.7 Å². The molecule has 0 fully saturated rings. The Kier molecular flexibility index (Phi) is 3.44. The molecule has 0 saturated heterocycles. The summed E-state index contributed by atoms with van der Waals surface area (Å²) in [7, 11) is 1.62. The molecule has 0 spiro atoms. The zero-order chi connectivity index (χ0) is 15.8. The van der Waals surface area contributed by atoms with Gasteiger partial charge in [0, 0.05) is 0 Å². The zero-order valence-corrected chi connectivity index (χ0v) is 13.7. The number of methoxy groups -OCH3 is 1. The van der Waals surface area contributed by atoms with Crippen LogP contribution in [0.4, 0.5) is 0 Å². The maximum Gasteiger partial charge on any atom is 0.291 e. The molecule has 0 aliphatic heterocycles. The van der Waals surface area contributed by atoms with E-state index >= 15 is 0 Å². The van der Waals surface area contributed by atoms with E-state index in [-0.39, 0.29) is 5.56 Å². The Labute approximate surface area is 139 Å². The van der Waals surface area contributed by atoms with Crippen molar-refractivity contribution in [3.63, 3.8) is 0 Å². The van der Waals surface area contributed by atoms with Crippen LogP contribution in [0.3, 0.4) is 0 Å². The van der Waals surface area contributed by atoms with E-state index in [2.05, 4.69) is 10.1 Å². The molecule has 0 unspecified atom stereocenters. The van der Waals surface area contributed by atoms with E-state index in [0.717, 1.165) is 16.2 Å². The Morgan fingerprint density at radius 3 is 2.70 bits per heavy atom. The Bertz CT molecular complexity index is 1060. The fourth-order valence-corrected chi connectivity index (χ4v) is 3.76. The molecule has 4 aromatic rings. The largest absolute Gasteiger partial charge is 0.497 e. The first-order valence-corrected chi connectivity index (χ1v) is 8.53. The molecular formula is C16H11N3O2S2. The molecule has 0 aliphatic rings. The molecule has 0 atom stereocenters. The lowest BCUT2D eigenvalue weighted by Crippen LogP contribution is -2.23. The Balaban J connectivity index is 1.79. The van der Waals surface area contributed by atoms with Gasteiger partial charge < -0.3 is 4.74 Å².